The Morgan fingerprint density at radius 1 is 1.04 bits per heavy atom. The summed E-state index contributed by atoms with van der Waals surface area (Å²) >= 11 is 0. The van der Waals surface area contributed by atoms with Crippen molar-refractivity contribution in [2.45, 2.75) is 0 Å². The van der Waals surface area contributed by atoms with Crippen molar-refractivity contribution in [1.29, 1.82) is 0 Å². The number of H-pyrrole nitrogens is 1. The minimum atomic E-state index is -0.402. The molecular weight excluding hydrogens is 330 g/mol. The predicted octanol–water partition coefficient (Wildman–Crippen LogP) is 3.10. The van der Waals surface area contributed by atoms with Gasteiger partial charge in [-0.05, 0) is 24.3 Å². The Morgan fingerprint density at radius 2 is 1.81 bits per heavy atom. The van der Waals surface area contributed by atoms with Gasteiger partial charge in [-0.1, -0.05) is 36.4 Å². The van der Waals surface area contributed by atoms with Crippen LogP contribution in [-0.4, -0.2) is 20.0 Å². The fraction of sp³-hybridized carbons (Fsp3) is 0. The zero-order chi connectivity index (χ0) is 17.7. The molecule has 0 amide bonds. The van der Waals surface area contributed by atoms with Crippen molar-refractivity contribution in [3.8, 4) is 17.1 Å². The van der Waals surface area contributed by atoms with Gasteiger partial charge in [-0.25, -0.2) is 9.78 Å². The fourth-order valence-electron chi connectivity index (χ4n) is 3.12. The second-order valence-electron chi connectivity index (χ2n) is 5.91. The smallest absolute Gasteiger partial charge is 0.292 e. The minimum Gasteiger partial charge on any atom is -0.454 e. The van der Waals surface area contributed by atoms with Crippen LogP contribution < -0.4 is 11.3 Å². The Labute approximate surface area is 146 Å². The lowest BCUT2D eigenvalue weighted by molar-refractivity contribution is 0.625. The van der Waals surface area contributed by atoms with Crippen LogP contribution >= 0.6 is 0 Å². The number of nitrogen functional groups attached to an aromatic ring is 1. The van der Waals surface area contributed by atoms with Crippen LogP contribution in [0, 0.1) is 0 Å². The molecule has 0 fully saturated rings. The first-order chi connectivity index (χ1) is 12.7. The minimum absolute atomic E-state index is 0.192. The molecule has 3 heterocycles. The molecule has 0 spiro atoms. The Bertz CT molecular complexity index is 1280. The molecule has 126 valence electrons. The highest BCUT2D eigenvalue weighted by Gasteiger charge is 2.22. The van der Waals surface area contributed by atoms with Gasteiger partial charge in [0.15, 0.2) is 17.1 Å². The van der Waals surface area contributed by atoms with Crippen LogP contribution in [0.2, 0.25) is 0 Å². The van der Waals surface area contributed by atoms with E-state index in [9.17, 15) is 4.79 Å². The lowest BCUT2D eigenvalue weighted by atomic mass is 10.2. The van der Waals surface area contributed by atoms with Gasteiger partial charge in [0.25, 0.3) is 5.56 Å². The van der Waals surface area contributed by atoms with Gasteiger partial charge in [0, 0.05) is 5.39 Å². The van der Waals surface area contributed by atoms with Crippen molar-refractivity contribution in [3.63, 3.8) is 0 Å². The van der Waals surface area contributed by atoms with Crippen molar-refractivity contribution >= 4 is 27.7 Å². The summed E-state index contributed by atoms with van der Waals surface area (Å²) < 4.78 is 7.68. The van der Waals surface area contributed by atoms with E-state index in [0.29, 0.717) is 16.8 Å². The highest BCUT2D eigenvalue weighted by molar-refractivity contribution is 6.00. The second-order valence-corrected chi connectivity index (χ2v) is 5.91. The SMILES string of the molecule is Nc1n[nH]c(=O)c2nn(-c3ccccc3)c(-c3cc4ccccc4o3)c12. The summed E-state index contributed by atoms with van der Waals surface area (Å²) in [6.45, 7) is 0. The summed E-state index contributed by atoms with van der Waals surface area (Å²) in [5, 5.41) is 12.2. The summed E-state index contributed by atoms with van der Waals surface area (Å²) in [4.78, 5) is 12.3. The molecule has 0 saturated heterocycles. The number of anilines is 1. The zero-order valence-corrected chi connectivity index (χ0v) is 13.5. The molecule has 0 atom stereocenters. The summed E-state index contributed by atoms with van der Waals surface area (Å²) in [5.41, 5.74) is 8.02. The van der Waals surface area contributed by atoms with Crippen LogP contribution in [0.5, 0.6) is 0 Å². The molecule has 0 unspecified atom stereocenters. The topological polar surface area (TPSA) is 103 Å². The van der Waals surface area contributed by atoms with Gasteiger partial charge >= 0.3 is 0 Å². The molecule has 7 heteroatoms. The van der Waals surface area contributed by atoms with E-state index in [4.69, 9.17) is 10.2 Å². The van der Waals surface area contributed by atoms with Gasteiger partial charge in [-0.15, -0.1) is 0 Å². The number of nitrogens with zero attached hydrogens (tertiary/aromatic N) is 3. The lowest BCUT2D eigenvalue weighted by Gasteiger charge is -2.05. The average molecular weight is 343 g/mol. The molecule has 26 heavy (non-hydrogen) atoms. The van der Waals surface area contributed by atoms with Crippen molar-refractivity contribution in [2.24, 2.45) is 0 Å². The molecule has 0 radical (unpaired) electrons. The molecule has 0 aliphatic rings. The largest absolute Gasteiger partial charge is 0.454 e. The van der Waals surface area contributed by atoms with Crippen LogP contribution in [0.1, 0.15) is 0 Å². The Hall–Kier alpha value is -3.87. The molecule has 3 N–H and O–H groups in total. The number of hydrogen-bond acceptors (Lipinski definition) is 5. The first kappa shape index (κ1) is 14.5. The van der Waals surface area contributed by atoms with Gasteiger partial charge in [0.1, 0.15) is 11.3 Å². The fourth-order valence-corrected chi connectivity index (χ4v) is 3.12. The van der Waals surface area contributed by atoms with Gasteiger partial charge < -0.3 is 10.2 Å². The van der Waals surface area contributed by atoms with Gasteiger partial charge in [-0.3, -0.25) is 4.79 Å². The summed E-state index contributed by atoms with van der Waals surface area (Å²) in [6, 6.07) is 19.1. The van der Waals surface area contributed by atoms with E-state index in [-0.39, 0.29) is 11.3 Å². The van der Waals surface area contributed by atoms with E-state index in [1.807, 2.05) is 60.7 Å². The number of benzene rings is 2. The van der Waals surface area contributed by atoms with E-state index in [1.165, 1.54) is 0 Å². The number of para-hydroxylation sites is 2. The maximum absolute atomic E-state index is 12.3. The van der Waals surface area contributed by atoms with E-state index in [2.05, 4.69) is 15.3 Å². The third-order valence-electron chi connectivity index (χ3n) is 4.29. The lowest BCUT2D eigenvalue weighted by Crippen LogP contribution is -2.10. The Morgan fingerprint density at radius 3 is 2.62 bits per heavy atom. The van der Waals surface area contributed by atoms with E-state index < -0.39 is 5.56 Å². The third-order valence-corrected chi connectivity index (χ3v) is 4.29. The first-order valence-corrected chi connectivity index (χ1v) is 8.03. The van der Waals surface area contributed by atoms with Crippen molar-refractivity contribution < 1.29 is 4.42 Å². The van der Waals surface area contributed by atoms with Crippen molar-refractivity contribution in [2.75, 3.05) is 5.73 Å². The molecule has 0 aliphatic heterocycles. The summed E-state index contributed by atoms with van der Waals surface area (Å²) in [5.74, 6) is 0.758. The first-order valence-electron chi connectivity index (χ1n) is 8.03. The third kappa shape index (κ3) is 2.04. The highest BCUT2D eigenvalue weighted by Crippen LogP contribution is 2.35. The average Bonchev–Trinajstić information content (AvgIpc) is 3.27. The summed E-state index contributed by atoms with van der Waals surface area (Å²) in [7, 11) is 0. The Kier molecular flexibility index (Phi) is 2.96. The molecule has 5 aromatic rings. The number of aromatic amines is 1. The molecule has 7 nitrogen and oxygen atoms in total. The molecule has 3 aromatic heterocycles. The number of furan rings is 1. The number of nitrogens with two attached hydrogens (primary N) is 1. The quantitative estimate of drug-likeness (QED) is 0.513. The van der Waals surface area contributed by atoms with Gasteiger partial charge in [0.2, 0.25) is 0 Å². The standard InChI is InChI=1S/C19H13N5O2/c20-18-15-16(19(25)22-21-18)23-24(12-7-2-1-3-8-12)17(15)14-10-11-6-4-5-9-13(11)26-14/h1-10H,(H2,20,21)(H,22,25). The number of fused-ring (bicyclic) bond motifs is 2. The van der Waals surface area contributed by atoms with Crippen molar-refractivity contribution in [3.05, 3.63) is 71.0 Å². The van der Waals surface area contributed by atoms with Gasteiger partial charge in [-0.2, -0.15) is 10.2 Å². The second kappa shape index (κ2) is 5.32. The van der Waals surface area contributed by atoms with Crippen LogP contribution in [0.25, 0.3) is 39.0 Å². The zero-order valence-electron chi connectivity index (χ0n) is 13.5. The Balaban J connectivity index is 1.93. The number of rotatable bonds is 2. The molecule has 0 saturated carbocycles. The maximum Gasteiger partial charge on any atom is 0.292 e. The predicted molar refractivity (Wildman–Crippen MR) is 99.1 cm³/mol. The molecule has 0 bridgehead atoms. The van der Waals surface area contributed by atoms with E-state index in [0.717, 1.165) is 16.7 Å². The maximum atomic E-state index is 12.3. The van der Waals surface area contributed by atoms with E-state index in [1.54, 1.807) is 4.68 Å². The van der Waals surface area contributed by atoms with Crippen LogP contribution in [0.3, 0.4) is 0 Å². The summed E-state index contributed by atoms with van der Waals surface area (Å²) in [6.07, 6.45) is 0. The normalized spacial score (nSPS) is 11.4. The molecular formula is C19H13N5O2. The number of aromatic nitrogens is 4. The molecule has 5 rings (SSSR count). The van der Waals surface area contributed by atoms with Crippen LogP contribution in [0.4, 0.5) is 5.82 Å². The van der Waals surface area contributed by atoms with Crippen LogP contribution in [-0.2, 0) is 0 Å². The van der Waals surface area contributed by atoms with Crippen LogP contribution in [0.15, 0.2) is 69.9 Å². The highest BCUT2D eigenvalue weighted by atomic mass is 16.3. The molecule has 2 aromatic carbocycles. The van der Waals surface area contributed by atoms with E-state index >= 15 is 0 Å². The monoisotopic (exact) mass is 343 g/mol. The molecule has 0 aliphatic carbocycles. The van der Waals surface area contributed by atoms with Gasteiger partial charge in [0.05, 0.1) is 11.1 Å². The number of hydrogen-bond donors (Lipinski definition) is 2. The number of nitrogens with one attached hydrogen (secondary N) is 1. The van der Waals surface area contributed by atoms with Crippen molar-refractivity contribution in [1.82, 2.24) is 20.0 Å².